The van der Waals surface area contributed by atoms with Gasteiger partial charge in [0, 0.05) is 19.5 Å². The summed E-state index contributed by atoms with van der Waals surface area (Å²) in [5, 5.41) is 14.2. The fourth-order valence-corrected chi connectivity index (χ4v) is 6.65. The Morgan fingerprint density at radius 2 is 1.67 bits per heavy atom. The summed E-state index contributed by atoms with van der Waals surface area (Å²) in [7, 11) is -4.61. The first-order valence-electron chi connectivity index (χ1n) is 14.9. The number of rotatable bonds is 12. The first kappa shape index (κ1) is 33.4. The number of benzene rings is 2. The van der Waals surface area contributed by atoms with Gasteiger partial charge in [-0.3, -0.25) is 0 Å². The Morgan fingerprint density at radius 3 is 2.23 bits per heavy atom. The van der Waals surface area contributed by atoms with E-state index in [9.17, 15) is 18.3 Å². The zero-order chi connectivity index (χ0) is 31.4. The maximum Gasteiger partial charge on any atom is 0.494 e. The van der Waals surface area contributed by atoms with Crippen LogP contribution in [0.3, 0.4) is 0 Å². The molecule has 43 heavy (non-hydrogen) atoms. The Hall–Kier alpha value is -2.48. The molecule has 2 N–H and O–H groups in total. The van der Waals surface area contributed by atoms with E-state index in [2.05, 4.69) is 5.32 Å². The second kappa shape index (κ2) is 13.7. The summed E-state index contributed by atoms with van der Waals surface area (Å²) < 4.78 is 52.1. The Morgan fingerprint density at radius 1 is 1.05 bits per heavy atom. The zero-order valence-corrected chi connectivity index (χ0v) is 26.8. The van der Waals surface area contributed by atoms with Crippen molar-refractivity contribution in [3.8, 4) is 0 Å². The number of alkyl carbamates (subject to hydrolysis) is 1. The molecule has 236 valence electrons. The van der Waals surface area contributed by atoms with E-state index in [1.165, 1.54) is 16.4 Å². The van der Waals surface area contributed by atoms with Crippen LogP contribution in [0.4, 0.5) is 4.79 Å². The van der Waals surface area contributed by atoms with Gasteiger partial charge in [0.15, 0.2) is 0 Å². The molecule has 0 unspecified atom stereocenters. The van der Waals surface area contributed by atoms with Crippen molar-refractivity contribution in [3.05, 3.63) is 60.2 Å². The zero-order valence-electron chi connectivity index (χ0n) is 26.0. The Bertz CT molecular complexity index is 1300. The Balaban J connectivity index is 1.52. The van der Waals surface area contributed by atoms with Crippen molar-refractivity contribution in [2.24, 2.45) is 5.92 Å². The van der Waals surface area contributed by atoms with E-state index in [4.69, 9.17) is 18.8 Å². The fourth-order valence-electron chi connectivity index (χ4n) is 5.03. The van der Waals surface area contributed by atoms with E-state index >= 15 is 0 Å². The van der Waals surface area contributed by atoms with Gasteiger partial charge in [0.1, 0.15) is 6.10 Å². The average molecular weight is 617 g/mol. The number of hydrogen-bond acceptors (Lipinski definition) is 8. The molecule has 1 amide bonds. The predicted octanol–water partition coefficient (Wildman–Crippen LogP) is 3.12. The summed E-state index contributed by atoms with van der Waals surface area (Å²) in [4.78, 5) is 12.8. The number of ether oxygens (including phenoxy) is 2. The highest BCUT2D eigenvalue weighted by atomic mass is 32.2. The summed E-state index contributed by atoms with van der Waals surface area (Å²) in [6.07, 6.45) is -1.35. The van der Waals surface area contributed by atoms with Crippen LogP contribution in [0.2, 0.25) is 0 Å². The predicted molar refractivity (Wildman–Crippen MR) is 165 cm³/mol. The highest BCUT2D eigenvalue weighted by Crippen LogP contribution is 2.36. The number of nitrogens with one attached hydrogen (secondary N) is 1. The van der Waals surface area contributed by atoms with Gasteiger partial charge in [0.05, 0.1) is 41.5 Å². The molecule has 2 fully saturated rings. The molecule has 2 aliphatic heterocycles. The number of aliphatic hydroxyl groups excluding tert-OH is 1. The molecule has 2 saturated heterocycles. The fraction of sp³-hybridized carbons (Fsp3) is 0.581. The highest BCUT2D eigenvalue weighted by molar-refractivity contribution is 7.89. The number of sulfonamides is 1. The number of hydrogen-bond donors (Lipinski definition) is 2. The summed E-state index contributed by atoms with van der Waals surface area (Å²) in [5.41, 5.74) is 0.557. The van der Waals surface area contributed by atoms with Gasteiger partial charge >= 0.3 is 13.2 Å². The van der Waals surface area contributed by atoms with E-state index in [1.807, 2.05) is 71.9 Å². The summed E-state index contributed by atoms with van der Waals surface area (Å²) in [6.45, 7) is 12.5. The molecule has 4 rings (SSSR count). The minimum absolute atomic E-state index is 0.0149. The van der Waals surface area contributed by atoms with Gasteiger partial charge in [-0.05, 0) is 63.2 Å². The number of amides is 1. The second-order valence-electron chi connectivity index (χ2n) is 12.8. The molecule has 0 saturated carbocycles. The summed E-state index contributed by atoms with van der Waals surface area (Å²) in [6, 6.07) is 15.1. The molecule has 0 aromatic heterocycles. The van der Waals surface area contributed by atoms with Gasteiger partial charge in [-0.25, -0.2) is 13.2 Å². The topological polar surface area (TPSA) is 124 Å². The van der Waals surface area contributed by atoms with Gasteiger partial charge in [-0.1, -0.05) is 56.3 Å². The van der Waals surface area contributed by atoms with E-state index in [0.717, 1.165) is 5.56 Å². The summed E-state index contributed by atoms with van der Waals surface area (Å²) in [5.74, 6) is -0.0149. The van der Waals surface area contributed by atoms with Crippen LogP contribution in [0.5, 0.6) is 0 Å². The first-order valence-corrected chi connectivity index (χ1v) is 16.3. The monoisotopic (exact) mass is 616 g/mol. The number of carbonyl (C=O) groups is 1. The van der Waals surface area contributed by atoms with Crippen molar-refractivity contribution in [2.75, 3.05) is 26.3 Å². The van der Waals surface area contributed by atoms with Gasteiger partial charge in [-0.2, -0.15) is 4.31 Å². The molecule has 10 nitrogen and oxygen atoms in total. The van der Waals surface area contributed by atoms with Crippen LogP contribution in [-0.4, -0.2) is 86.8 Å². The molecule has 3 atom stereocenters. The lowest BCUT2D eigenvalue weighted by Crippen LogP contribution is -2.51. The van der Waals surface area contributed by atoms with Gasteiger partial charge < -0.3 is 29.2 Å². The average Bonchev–Trinajstić information content (AvgIpc) is 3.52. The molecule has 0 bridgehead atoms. The lowest BCUT2D eigenvalue weighted by Gasteiger charge is -2.32. The molecule has 2 aromatic carbocycles. The molecule has 12 heteroatoms. The van der Waals surface area contributed by atoms with Gasteiger partial charge in [0.2, 0.25) is 10.0 Å². The van der Waals surface area contributed by atoms with Crippen molar-refractivity contribution in [2.45, 2.75) is 88.7 Å². The van der Waals surface area contributed by atoms with Crippen molar-refractivity contribution in [3.63, 3.8) is 0 Å². The van der Waals surface area contributed by atoms with Gasteiger partial charge in [0.25, 0.3) is 0 Å². The van der Waals surface area contributed by atoms with Crippen LogP contribution in [-0.2, 0) is 35.2 Å². The normalized spacial score (nSPS) is 21.2. The summed E-state index contributed by atoms with van der Waals surface area (Å²) >= 11 is 0. The molecule has 2 aliphatic rings. The maximum absolute atomic E-state index is 13.9. The smallest absolute Gasteiger partial charge is 0.444 e. The van der Waals surface area contributed by atoms with E-state index in [-0.39, 0.29) is 36.4 Å². The lowest BCUT2D eigenvalue weighted by atomic mass is 9.79. The van der Waals surface area contributed by atoms with E-state index < -0.39 is 46.6 Å². The third kappa shape index (κ3) is 8.37. The van der Waals surface area contributed by atoms with Crippen molar-refractivity contribution >= 4 is 28.7 Å². The largest absolute Gasteiger partial charge is 0.494 e. The van der Waals surface area contributed by atoms with Crippen molar-refractivity contribution < 1.29 is 37.1 Å². The third-order valence-electron chi connectivity index (χ3n) is 8.23. The standard InChI is InChI=1S/C31H45BN2O8S/c1-22(2)19-34(43(37,38)26-14-12-24(13-15-26)32-41-30(3,4)31(5,6)42-32)20-28(35)27(18-23-10-8-7-9-11-23)33-29(36)40-25-16-17-39-21-25/h7-15,22,25,27-28,35H,16-21H2,1-6H3,(H,33,36)/t25-,27-,28+/m0/s1. The molecular weight excluding hydrogens is 571 g/mol. The molecular formula is C31H45BN2O8S. The Kier molecular flexibility index (Phi) is 10.6. The highest BCUT2D eigenvalue weighted by Gasteiger charge is 2.51. The molecule has 0 spiro atoms. The van der Waals surface area contributed by atoms with Crippen LogP contribution in [0.25, 0.3) is 0 Å². The minimum atomic E-state index is -4.00. The van der Waals surface area contributed by atoms with E-state index in [0.29, 0.717) is 25.1 Å². The molecule has 2 aromatic rings. The molecule has 0 radical (unpaired) electrons. The number of aliphatic hydroxyl groups is 1. The molecule has 2 heterocycles. The van der Waals surface area contributed by atoms with Crippen LogP contribution in [0.1, 0.15) is 53.5 Å². The number of nitrogens with zero attached hydrogens (tertiary/aromatic N) is 1. The van der Waals surface area contributed by atoms with Crippen molar-refractivity contribution in [1.29, 1.82) is 0 Å². The Labute approximate surface area is 256 Å². The SMILES string of the molecule is CC(C)CN(C[C@@H](O)[C@H](Cc1ccccc1)NC(=O)O[C@H]1CCOC1)S(=O)(=O)c1ccc(B2OC(C)(C)C(C)(C)O2)cc1. The van der Waals surface area contributed by atoms with Crippen LogP contribution in [0.15, 0.2) is 59.5 Å². The first-order chi connectivity index (χ1) is 20.2. The minimum Gasteiger partial charge on any atom is -0.444 e. The second-order valence-corrected chi connectivity index (χ2v) is 14.7. The van der Waals surface area contributed by atoms with Gasteiger partial charge in [-0.15, -0.1) is 0 Å². The lowest BCUT2D eigenvalue weighted by molar-refractivity contribution is 0.00578. The van der Waals surface area contributed by atoms with Crippen LogP contribution in [0, 0.1) is 5.92 Å². The van der Waals surface area contributed by atoms with E-state index in [1.54, 1.807) is 12.1 Å². The van der Waals surface area contributed by atoms with Crippen LogP contribution < -0.4 is 10.8 Å². The third-order valence-corrected chi connectivity index (χ3v) is 10.1. The van der Waals surface area contributed by atoms with Crippen molar-refractivity contribution in [1.82, 2.24) is 9.62 Å². The number of carbonyl (C=O) groups excluding carboxylic acids is 1. The maximum atomic E-state index is 13.9. The molecule has 0 aliphatic carbocycles. The van der Waals surface area contributed by atoms with Crippen LogP contribution >= 0.6 is 0 Å². The quantitative estimate of drug-likeness (QED) is 0.349.